The van der Waals surface area contributed by atoms with Gasteiger partial charge in [-0.25, -0.2) is 4.98 Å². The number of thiophene rings is 2. The molecule has 2 nitrogen and oxygen atoms in total. The van der Waals surface area contributed by atoms with E-state index in [1.807, 2.05) is 13.0 Å². The van der Waals surface area contributed by atoms with Crippen molar-refractivity contribution in [1.29, 1.82) is 0 Å². The normalized spacial score (nSPS) is 12.7. The molecule has 0 fully saturated rings. The predicted molar refractivity (Wildman–Crippen MR) is 89.2 cm³/mol. The zero-order chi connectivity index (χ0) is 13.9. The zero-order valence-corrected chi connectivity index (χ0v) is 14.0. The highest BCUT2D eigenvalue weighted by Gasteiger charge is 2.17. The molecule has 0 aliphatic carbocycles. The first-order chi connectivity index (χ1) is 9.72. The molecule has 6 heteroatoms. The molecule has 0 aliphatic heterocycles. The van der Waals surface area contributed by atoms with Crippen LogP contribution in [0.25, 0.3) is 0 Å². The fourth-order valence-electron chi connectivity index (χ4n) is 1.98. The van der Waals surface area contributed by atoms with Gasteiger partial charge in [-0.2, -0.15) is 0 Å². The Morgan fingerprint density at radius 3 is 2.75 bits per heavy atom. The molecular weight excluding hydrogens is 328 g/mol. The summed E-state index contributed by atoms with van der Waals surface area (Å²) in [5, 5.41) is 8.90. The van der Waals surface area contributed by atoms with Crippen molar-refractivity contribution < 1.29 is 0 Å². The summed E-state index contributed by atoms with van der Waals surface area (Å²) in [6.07, 6.45) is 0. The minimum Gasteiger partial charge on any atom is -0.299 e. The smallest absolute Gasteiger partial charge is 0.0931 e. The molecule has 0 saturated carbocycles. The van der Waals surface area contributed by atoms with E-state index < -0.39 is 0 Å². The van der Waals surface area contributed by atoms with Crippen LogP contribution < -0.4 is 5.32 Å². The minimum atomic E-state index is 0.189. The molecule has 1 atom stereocenters. The van der Waals surface area contributed by atoms with E-state index in [2.05, 4.69) is 39.3 Å². The number of aromatic nitrogens is 1. The number of rotatable bonds is 5. The van der Waals surface area contributed by atoms with E-state index in [4.69, 9.17) is 11.6 Å². The van der Waals surface area contributed by atoms with Crippen LogP contribution >= 0.6 is 45.6 Å². The van der Waals surface area contributed by atoms with Gasteiger partial charge in [0.25, 0.3) is 0 Å². The van der Waals surface area contributed by atoms with Gasteiger partial charge in [-0.1, -0.05) is 17.7 Å². The number of hydrogen-bond donors (Lipinski definition) is 1. The summed E-state index contributed by atoms with van der Waals surface area (Å²) < 4.78 is 0.827. The average Bonchev–Trinajstić information content (AvgIpc) is 3.13. The van der Waals surface area contributed by atoms with Gasteiger partial charge in [0.15, 0.2) is 0 Å². The Bertz CT molecular complexity index is 672. The van der Waals surface area contributed by atoms with Crippen LogP contribution in [0.3, 0.4) is 0 Å². The van der Waals surface area contributed by atoms with Gasteiger partial charge in [-0.05, 0) is 30.5 Å². The molecule has 1 N–H and O–H groups in total. The molecule has 3 aromatic rings. The van der Waals surface area contributed by atoms with Gasteiger partial charge >= 0.3 is 0 Å². The fourth-order valence-corrected chi connectivity index (χ4v) is 4.64. The van der Waals surface area contributed by atoms with Gasteiger partial charge in [0.1, 0.15) is 0 Å². The Balaban J connectivity index is 1.79. The number of hydrogen-bond acceptors (Lipinski definition) is 5. The molecule has 20 heavy (non-hydrogen) atoms. The lowest BCUT2D eigenvalue weighted by atomic mass is 10.2. The topological polar surface area (TPSA) is 24.9 Å². The maximum atomic E-state index is 6.07. The Kier molecular flexibility index (Phi) is 4.53. The van der Waals surface area contributed by atoms with Crippen LogP contribution in [0.4, 0.5) is 0 Å². The molecule has 0 radical (unpaired) electrons. The molecule has 0 aliphatic rings. The second-order valence-corrected chi connectivity index (χ2v) is 8.12. The average molecular weight is 341 g/mol. The van der Waals surface area contributed by atoms with Crippen molar-refractivity contribution in [3.8, 4) is 0 Å². The first kappa shape index (κ1) is 14.2. The minimum absolute atomic E-state index is 0.189. The van der Waals surface area contributed by atoms with Gasteiger partial charge in [0.2, 0.25) is 0 Å². The van der Waals surface area contributed by atoms with Crippen LogP contribution in [0, 0.1) is 6.92 Å². The summed E-state index contributed by atoms with van der Waals surface area (Å²) in [6.45, 7) is 2.80. The van der Waals surface area contributed by atoms with Crippen LogP contribution in [0.15, 0.2) is 35.0 Å². The van der Waals surface area contributed by atoms with Crippen molar-refractivity contribution in [3.63, 3.8) is 0 Å². The molecule has 0 saturated heterocycles. The van der Waals surface area contributed by atoms with Crippen molar-refractivity contribution in [2.45, 2.75) is 19.5 Å². The van der Waals surface area contributed by atoms with Crippen LogP contribution in [-0.4, -0.2) is 4.98 Å². The highest BCUT2D eigenvalue weighted by molar-refractivity contribution is 7.16. The van der Waals surface area contributed by atoms with E-state index in [1.54, 1.807) is 34.0 Å². The lowest BCUT2D eigenvalue weighted by Crippen LogP contribution is -2.20. The Hall–Kier alpha value is -0.720. The van der Waals surface area contributed by atoms with Crippen LogP contribution in [0.1, 0.15) is 26.5 Å². The summed E-state index contributed by atoms with van der Waals surface area (Å²) in [5.41, 5.74) is 1.09. The third-order valence-corrected chi connectivity index (χ3v) is 5.92. The summed E-state index contributed by atoms with van der Waals surface area (Å²) >= 11 is 11.1. The van der Waals surface area contributed by atoms with Crippen molar-refractivity contribution in [2.75, 3.05) is 0 Å². The van der Waals surface area contributed by atoms with Crippen LogP contribution in [0.2, 0.25) is 4.34 Å². The molecule has 3 rings (SSSR count). The Morgan fingerprint density at radius 2 is 2.15 bits per heavy atom. The van der Waals surface area contributed by atoms with Crippen molar-refractivity contribution >= 4 is 45.6 Å². The third kappa shape index (κ3) is 3.30. The quantitative estimate of drug-likeness (QED) is 0.698. The fraction of sp³-hybridized carbons (Fsp3) is 0.214. The molecule has 3 heterocycles. The second-order valence-electron chi connectivity index (χ2n) is 4.33. The maximum Gasteiger partial charge on any atom is 0.0931 e. The number of thiazole rings is 1. The molecular formula is C14H13ClN2S3. The van der Waals surface area contributed by atoms with E-state index in [0.29, 0.717) is 0 Å². The molecule has 104 valence electrons. The standard InChI is InChI=1S/C14H13ClN2S3/c1-9-17-10(8-19-9)7-16-14(11-3-2-6-18-11)12-4-5-13(15)20-12/h2-6,8,14,16H,7H2,1H3. The molecule has 0 amide bonds. The number of nitrogens with zero attached hydrogens (tertiary/aromatic N) is 1. The van der Waals surface area contributed by atoms with E-state index in [-0.39, 0.29) is 6.04 Å². The number of halogens is 1. The van der Waals surface area contributed by atoms with Gasteiger partial charge < -0.3 is 0 Å². The predicted octanol–water partition coefficient (Wildman–Crippen LogP) is 5.11. The first-order valence-corrected chi connectivity index (χ1v) is 9.11. The molecule has 3 aromatic heterocycles. The molecule has 0 spiro atoms. The summed E-state index contributed by atoms with van der Waals surface area (Å²) in [7, 11) is 0. The zero-order valence-electron chi connectivity index (χ0n) is 10.8. The van der Waals surface area contributed by atoms with E-state index >= 15 is 0 Å². The first-order valence-electron chi connectivity index (χ1n) is 6.15. The van der Waals surface area contributed by atoms with E-state index in [1.165, 1.54) is 9.75 Å². The monoisotopic (exact) mass is 340 g/mol. The largest absolute Gasteiger partial charge is 0.299 e. The maximum absolute atomic E-state index is 6.07. The molecule has 1 unspecified atom stereocenters. The second kappa shape index (κ2) is 6.37. The van der Waals surface area contributed by atoms with Gasteiger partial charge in [-0.15, -0.1) is 34.0 Å². The summed E-state index contributed by atoms with van der Waals surface area (Å²) in [5.74, 6) is 0. The Morgan fingerprint density at radius 1 is 1.25 bits per heavy atom. The molecule has 0 bridgehead atoms. The van der Waals surface area contributed by atoms with Crippen LogP contribution in [-0.2, 0) is 6.54 Å². The van der Waals surface area contributed by atoms with E-state index in [0.717, 1.165) is 21.6 Å². The lowest BCUT2D eigenvalue weighted by Gasteiger charge is -2.15. The highest BCUT2D eigenvalue weighted by Crippen LogP contribution is 2.33. The van der Waals surface area contributed by atoms with Crippen molar-refractivity contribution in [3.05, 3.63) is 59.8 Å². The third-order valence-electron chi connectivity index (χ3n) is 2.86. The van der Waals surface area contributed by atoms with E-state index in [9.17, 15) is 0 Å². The highest BCUT2D eigenvalue weighted by atomic mass is 35.5. The van der Waals surface area contributed by atoms with Gasteiger partial charge in [0, 0.05) is 21.7 Å². The number of aryl methyl sites for hydroxylation is 1. The SMILES string of the molecule is Cc1nc(CNC(c2cccs2)c2ccc(Cl)s2)cs1. The van der Waals surface area contributed by atoms with Gasteiger partial charge in [0.05, 0.1) is 21.1 Å². The lowest BCUT2D eigenvalue weighted by molar-refractivity contribution is 0.613. The summed E-state index contributed by atoms with van der Waals surface area (Å²) in [4.78, 5) is 7.04. The van der Waals surface area contributed by atoms with Gasteiger partial charge in [-0.3, -0.25) is 5.32 Å². The van der Waals surface area contributed by atoms with Crippen molar-refractivity contribution in [2.24, 2.45) is 0 Å². The number of nitrogens with one attached hydrogen (secondary N) is 1. The molecule has 0 aromatic carbocycles. The summed E-state index contributed by atoms with van der Waals surface area (Å²) in [6, 6.07) is 8.47. The Labute approximate surface area is 135 Å². The van der Waals surface area contributed by atoms with Crippen LogP contribution in [0.5, 0.6) is 0 Å². The van der Waals surface area contributed by atoms with Crippen molar-refractivity contribution in [1.82, 2.24) is 10.3 Å².